The molecule has 0 unspecified atom stereocenters. The smallest absolute Gasteiger partial charge is 0.189 e. The highest BCUT2D eigenvalue weighted by molar-refractivity contribution is 5.78. The van der Waals surface area contributed by atoms with E-state index in [2.05, 4.69) is 20.3 Å². The highest BCUT2D eigenvalue weighted by atomic mass is 15.1. The van der Waals surface area contributed by atoms with Crippen LogP contribution in [-0.2, 0) is 6.54 Å². The molecule has 2 rings (SSSR count). The maximum atomic E-state index is 5.72. The van der Waals surface area contributed by atoms with Gasteiger partial charge in [-0.25, -0.2) is 9.98 Å². The lowest BCUT2D eigenvalue weighted by atomic mass is 10.3. The Morgan fingerprint density at radius 2 is 2.29 bits per heavy atom. The third-order valence-corrected chi connectivity index (χ3v) is 2.32. The quantitative estimate of drug-likeness (QED) is 0.551. The Kier molecular flexibility index (Phi) is 3.27. The number of hydrogen-bond donors (Lipinski definition) is 3. The number of pyridine rings is 1. The summed E-state index contributed by atoms with van der Waals surface area (Å²) < 4.78 is 0. The summed E-state index contributed by atoms with van der Waals surface area (Å²) >= 11 is 0. The number of nitrogens with zero attached hydrogens (tertiary/aromatic N) is 2. The fraction of sp³-hybridized carbons (Fsp3) is 0.333. The summed E-state index contributed by atoms with van der Waals surface area (Å²) in [6, 6.07) is 6.26. The van der Waals surface area contributed by atoms with Gasteiger partial charge in [0, 0.05) is 17.6 Å². The highest BCUT2D eigenvalue weighted by Gasteiger charge is 1.99. The van der Waals surface area contributed by atoms with E-state index in [9.17, 15) is 0 Å². The Morgan fingerprint density at radius 1 is 1.47 bits per heavy atom. The second kappa shape index (κ2) is 4.86. The van der Waals surface area contributed by atoms with Crippen LogP contribution in [0.25, 0.3) is 11.0 Å². The summed E-state index contributed by atoms with van der Waals surface area (Å²) in [7, 11) is 0. The highest BCUT2D eigenvalue weighted by Crippen LogP contribution is 2.10. The van der Waals surface area contributed by atoms with Crippen molar-refractivity contribution in [3.63, 3.8) is 0 Å². The Morgan fingerprint density at radius 3 is 3.06 bits per heavy atom. The Labute approximate surface area is 100 Å². The molecule has 0 fully saturated rings. The van der Waals surface area contributed by atoms with Crippen LogP contribution in [0.5, 0.6) is 0 Å². The molecule has 0 saturated carbocycles. The van der Waals surface area contributed by atoms with Gasteiger partial charge in [0.1, 0.15) is 5.65 Å². The van der Waals surface area contributed by atoms with E-state index in [0.29, 0.717) is 12.5 Å². The monoisotopic (exact) mass is 231 g/mol. The number of guanidine groups is 1. The van der Waals surface area contributed by atoms with Gasteiger partial charge in [-0.3, -0.25) is 0 Å². The largest absolute Gasteiger partial charge is 0.370 e. The standard InChI is InChI=1S/C12H17N5/c1-8(2)16-12(13)15-7-10-4-3-9-5-6-14-11(9)17-10/h3-6,8H,7H2,1-2H3,(H,14,17)(H3,13,15,16). The van der Waals surface area contributed by atoms with Crippen LogP contribution in [0, 0.1) is 0 Å². The fourth-order valence-electron chi connectivity index (χ4n) is 1.57. The Hall–Kier alpha value is -2.04. The zero-order chi connectivity index (χ0) is 12.3. The molecule has 2 aromatic heterocycles. The van der Waals surface area contributed by atoms with Crippen molar-refractivity contribution in [1.29, 1.82) is 0 Å². The minimum atomic E-state index is 0.289. The van der Waals surface area contributed by atoms with Crippen LogP contribution in [0.3, 0.4) is 0 Å². The maximum absolute atomic E-state index is 5.72. The van der Waals surface area contributed by atoms with E-state index in [4.69, 9.17) is 5.73 Å². The maximum Gasteiger partial charge on any atom is 0.189 e. The van der Waals surface area contributed by atoms with Gasteiger partial charge >= 0.3 is 0 Å². The molecule has 17 heavy (non-hydrogen) atoms. The molecule has 2 aromatic rings. The molecule has 0 radical (unpaired) electrons. The molecule has 0 saturated heterocycles. The van der Waals surface area contributed by atoms with Crippen molar-refractivity contribution in [2.24, 2.45) is 10.7 Å². The van der Waals surface area contributed by atoms with Crippen LogP contribution in [-0.4, -0.2) is 22.0 Å². The van der Waals surface area contributed by atoms with Gasteiger partial charge in [-0.15, -0.1) is 0 Å². The van der Waals surface area contributed by atoms with E-state index in [0.717, 1.165) is 16.7 Å². The average molecular weight is 231 g/mol. The molecule has 4 N–H and O–H groups in total. The predicted octanol–water partition coefficient (Wildman–Crippen LogP) is 1.38. The van der Waals surface area contributed by atoms with Crippen LogP contribution >= 0.6 is 0 Å². The van der Waals surface area contributed by atoms with Gasteiger partial charge in [0.15, 0.2) is 5.96 Å². The third kappa shape index (κ3) is 2.96. The first kappa shape index (κ1) is 11.4. The summed E-state index contributed by atoms with van der Waals surface area (Å²) in [6.07, 6.45) is 1.87. The summed E-state index contributed by atoms with van der Waals surface area (Å²) in [4.78, 5) is 11.7. The molecule has 0 bridgehead atoms. The van der Waals surface area contributed by atoms with Crippen molar-refractivity contribution in [1.82, 2.24) is 15.3 Å². The molecule has 0 aliphatic carbocycles. The topological polar surface area (TPSA) is 79.1 Å². The van der Waals surface area contributed by atoms with Crippen molar-refractivity contribution in [3.8, 4) is 0 Å². The number of aromatic amines is 1. The van der Waals surface area contributed by atoms with Crippen LogP contribution in [0.15, 0.2) is 29.4 Å². The number of aliphatic imine (C=N–C) groups is 1. The van der Waals surface area contributed by atoms with Crippen LogP contribution < -0.4 is 11.1 Å². The molecule has 2 heterocycles. The molecule has 0 aliphatic rings. The number of rotatable bonds is 3. The van der Waals surface area contributed by atoms with Crippen molar-refractivity contribution in [2.75, 3.05) is 0 Å². The molecule has 0 amide bonds. The lowest BCUT2D eigenvalue weighted by molar-refractivity contribution is 0.723. The molecular formula is C12H17N5. The SMILES string of the molecule is CC(C)NC(N)=NCc1ccc2cc[nH]c2n1. The first-order chi connectivity index (χ1) is 8.15. The Balaban J connectivity index is 2.07. The van der Waals surface area contributed by atoms with Gasteiger partial charge in [0.25, 0.3) is 0 Å². The van der Waals surface area contributed by atoms with Gasteiger partial charge in [0.2, 0.25) is 0 Å². The predicted molar refractivity (Wildman–Crippen MR) is 69.7 cm³/mol. The van der Waals surface area contributed by atoms with Crippen molar-refractivity contribution >= 4 is 17.0 Å². The second-order valence-electron chi connectivity index (χ2n) is 4.22. The van der Waals surface area contributed by atoms with Gasteiger partial charge in [-0.1, -0.05) is 0 Å². The summed E-state index contributed by atoms with van der Waals surface area (Å²) in [5.41, 5.74) is 7.50. The van der Waals surface area contributed by atoms with Crippen LogP contribution in [0.1, 0.15) is 19.5 Å². The second-order valence-corrected chi connectivity index (χ2v) is 4.22. The van der Waals surface area contributed by atoms with Crippen LogP contribution in [0.4, 0.5) is 0 Å². The first-order valence-corrected chi connectivity index (χ1v) is 5.64. The van der Waals surface area contributed by atoms with E-state index in [1.54, 1.807) is 0 Å². The average Bonchev–Trinajstić information content (AvgIpc) is 2.72. The van der Waals surface area contributed by atoms with E-state index in [1.165, 1.54) is 0 Å². The number of nitrogens with one attached hydrogen (secondary N) is 2. The van der Waals surface area contributed by atoms with Crippen molar-refractivity contribution < 1.29 is 0 Å². The Bertz CT molecular complexity index is 526. The number of H-pyrrole nitrogens is 1. The number of fused-ring (bicyclic) bond motifs is 1. The van der Waals surface area contributed by atoms with Crippen molar-refractivity contribution in [3.05, 3.63) is 30.1 Å². The molecule has 5 nitrogen and oxygen atoms in total. The van der Waals surface area contributed by atoms with E-state index in [-0.39, 0.29) is 6.04 Å². The number of nitrogens with two attached hydrogens (primary N) is 1. The van der Waals surface area contributed by atoms with E-state index >= 15 is 0 Å². The molecule has 0 aromatic carbocycles. The fourth-order valence-corrected chi connectivity index (χ4v) is 1.57. The number of aromatic nitrogens is 2. The molecule has 0 aliphatic heterocycles. The lowest BCUT2D eigenvalue weighted by Gasteiger charge is -2.08. The first-order valence-electron chi connectivity index (χ1n) is 5.64. The van der Waals surface area contributed by atoms with Gasteiger partial charge in [-0.2, -0.15) is 0 Å². The van der Waals surface area contributed by atoms with Crippen LogP contribution in [0.2, 0.25) is 0 Å². The summed E-state index contributed by atoms with van der Waals surface area (Å²) in [5, 5.41) is 4.14. The molecular weight excluding hydrogens is 214 g/mol. The minimum absolute atomic E-state index is 0.289. The zero-order valence-corrected chi connectivity index (χ0v) is 10.1. The normalized spacial score (nSPS) is 12.3. The molecule has 0 spiro atoms. The number of hydrogen-bond acceptors (Lipinski definition) is 2. The van der Waals surface area contributed by atoms with Gasteiger partial charge < -0.3 is 16.0 Å². The van der Waals surface area contributed by atoms with Crippen molar-refractivity contribution in [2.45, 2.75) is 26.4 Å². The minimum Gasteiger partial charge on any atom is -0.370 e. The summed E-state index contributed by atoms with van der Waals surface area (Å²) in [5.74, 6) is 0.452. The summed E-state index contributed by atoms with van der Waals surface area (Å²) in [6.45, 7) is 4.53. The van der Waals surface area contributed by atoms with Gasteiger partial charge in [0.05, 0.1) is 12.2 Å². The molecule has 90 valence electrons. The lowest BCUT2D eigenvalue weighted by Crippen LogP contribution is -2.36. The third-order valence-electron chi connectivity index (χ3n) is 2.32. The van der Waals surface area contributed by atoms with E-state index < -0.39 is 0 Å². The van der Waals surface area contributed by atoms with E-state index in [1.807, 2.05) is 38.2 Å². The molecule has 0 atom stereocenters. The van der Waals surface area contributed by atoms with Gasteiger partial charge in [-0.05, 0) is 32.0 Å². The zero-order valence-electron chi connectivity index (χ0n) is 10.1. The molecule has 5 heteroatoms.